The molecule has 2 rings (SSSR count). The quantitative estimate of drug-likeness (QED) is 0.259. The summed E-state index contributed by atoms with van der Waals surface area (Å²) in [6, 6.07) is 10.7. The zero-order chi connectivity index (χ0) is 18.8. The highest BCUT2D eigenvalue weighted by molar-refractivity contribution is 5.83. The van der Waals surface area contributed by atoms with Crippen LogP contribution in [0.4, 0.5) is 8.78 Å². The van der Waals surface area contributed by atoms with Gasteiger partial charge < -0.3 is 4.74 Å². The minimum Gasteiger partial charge on any atom is -0.491 e. The summed E-state index contributed by atoms with van der Waals surface area (Å²) in [4.78, 5) is 0. The first kappa shape index (κ1) is 19.5. The number of benzene rings is 2. The van der Waals surface area contributed by atoms with Crippen molar-refractivity contribution in [2.75, 3.05) is 6.61 Å². The third-order valence-corrected chi connectivity index (χ3v) is 3.70. The Bertz CT molecular complexity index is 783. The van der Waals surface area contributed by atoms with Crippen LogP contribution >= 0.6 is 0 Å². The minimum absolute atomic E-state index is 0.0145. The van der Waals surface area contributed by atoms with Crippen molar-refractivity contribution in [3.63, 3.8) is 0 Å². The lowest BCUT2D eigenvalue weighted by molar-refractivity contribution is 0.314. The molecule has 0 radical (unpaired) electrons. The van der Waals surface area contributed by atoms with E-state index >= 15 is 0 Å². The summed E-state index contributed by atoms with van der Waals surface area (Å²) in [7, 11) is 0. The third-order valence-electron chi connectivity index (χ3n) is 3.70. The Kier molecular flexibility index (Phi) is 7.68. The van der Waals surface area contributed by atoms with Gasteiger partial charge in [-0.2, -0.15) is 14.6 Å². The molecule has 3 nitrogen and oxygen atoms in total. The second kappa shape index (κ2) is 10.2. The topological polar surface area (TPSA) is 34.0 Å². The van der Waals surface area contributed by atoms with Crippen molar-refractivity contribution in [2.45, 2.75) is 26.2 Å². The van der Waals surface area contributed by atoms with E-state index in [0.29, 0.717) is 0 Å². The van der Waals surface area contributed by atoms with E-state index in [2.05, 4.69) is 16.8 Å². The number of unbranched alkanes of at least 4 members (excludes halogenated alkanes) is 1. The van der Waals surface area contributed by atoms with E-state index in [-0.39, 0.29) is 17.9 Å². The largest absolute Gasteiger partial charge is 0.491 e. The van der Waals surface area contributed by atoms with Crippen LogP contribution in [0.1, 0.15) is 36.5 Å². The van der Waals surface area contributed by atoms with E-state index < -0.39 is 11.6 Å². The number of aryl methyl sites for hydroxylation is 1. The second-order valence-corrected chi connectivity index (χ2v) is 5.63. The number of halogens is 2. The van der Waals surface area contributed by atoms with E-state index in [1.807, 2.05) is 30.3 Å². The molecule has 0 fully saturated rings. The van der Waals surface area contributed by atoms with E-state index in [1.165, 1.54) is 23.9 Å². The van der Waals surface area contributed by atoms with Crippen LogP contribution in [0, 0.1) is 11.6 Å². The monoisotopic (exact) mass is 356 g/mol. The van der Waals surface area contributed by atoms with Crippen LogP contribution in [0.25, 0.3) is 0 Å². The summed E-state index contributed by atoms with van der Waals surface area (Å²) in [6.45, 7) is 5.68. The molecule has 0 aliphatic rings. The summed E-state index contributed by atoms with van der Waals surface area (Å²) < 4.78 is 32.7. The number of ether oxygens (including phenoxy) is 1. The van der Waals surface area contributed by atoms with Crippen molar-refractivity contribution in [3.05, 3.63) is 77.4 Å². The zero-order valence-corrected chi connectivity index (χ0v) is 14.8. The molecular weight excluding hydrogens is 334 g/mol. The standard InChI is InChI=1S/C21H22F2N2O/c1-3-5-6-7-16-8-10-17(11-9-16)14-24-25-15-18-12-13-19(26-4-2)21(23)20(18)22/h3,8-15H,1,4-7H2,2H3. The van der Waals surface area contributed by atoms with Crippen molar-refractivity contribution in [1.29, 1.82) is 0 Å². The molecule has 0 spiro atoms. The molecule has 0 aliphatic heterocycles. The highest BCUT2D eigenvalue weighted by Crippen LogP contribution is 2.21. The van der Waals surface area contributed by atoms with Gasteiger partial charge in [0.15, 0.2) is 11.6 Å². The van der Waals surface area contributed by atoms with Gasteiger partial charge in [0.25, 0.3) is 0 Å². The maximum atomic E-state index is 13.9. The Balaban J connectivity index is 1.97. The maximum absolute atomic E-state index is 13.9. The summed E-state index contributed by atoms with van der Waals surface area (Å²) >= 11 is 0. The van der Waals surface area contributed by atoms with Gasteiger partial charge in [-0.1, -0.05) is 30.3 Å². The smallest absolute Gasteiger partial charge is 0.201 e. The fraction of sp³-hybridized carbons (Fsp3) is 0.238. The number of allylic oxidation sites excluding steroid dienone is 1. The van der Waals surface area contributed by atoms with Gasteiger partial charge in [0.1, 0.15) is 0 Å². The van der Waals surface area contributed by atoms with Gasteiger partial charge >= 0.3 is 0 Å². The lowest BCUT2D eigenvalue weighted by atomic mass is 10.1. The molecule has 0 bridgehead atoms. The van der Waals surface area contributed by atoms with Gasteiger partial charge in [-0.3, -0.25) is 0 Å². The number of nitrogens with zero attached hydrogens (tertiary/aromatic N) is 2. The molecule has 5 heteroatoms. The maximum Gasteiger partial charge on any atom is 0.201 e. The van der Waals surface area contributed by atoms with Crippen LogP contribution in [0.2, 0.25) is 0 Å². The van der Waals surface area contributed by atoms with Crippen LogP contribution in [-0.2, 0) is 6.42 Å². The second-order valence-electron chi connectivity index (χ2n) is 5.63. The number of hydrogen-bond donors (Lipinski definition) is 0. The summed E-state index contributed by atoms with van der Waals surface area (Å²) in [5, 5.41) is 7.67. The summed E-state index contributed by atoms with van der Waals surface area (Å²) in [5.41, 5.74) is 2.15. The molecule has 0 saturated carbocycles. The molecule has 0 atom stereocenters. The molecule has 0 amide bonds. The molecule has 2 aromatic carbocycles. The molecule has 26 heavy (non-hydrogen) atoms. The van der Waals surface area contributed by atoms with Crippen molar-refractivity contribution in [2.24, 2.45) is 10.2 Å². The molecular formula is C21H22F2N2O. The van der Waals surface area contributed by atoms with Crippen LogP contribution in [0.5, 0.6) is 5.75 Å². The fourth-order valence-corrected chi connectivity index (χ4v) is 2.33. The lowest BCUT2D eigenvalue weighted by Gasteiger charge is -2.05. The van der Waals surface area contributed by atoms with Gasteiger partial charge in [0.2, 0.25) is 5.82 Å². The van der Waals surface area contributed by atoms with E-state index in [9.17, 15) is 8.78 Å². The van der Waals surface area contributed by atoms with Crippen molar-refractivity contribution >= 4 is 12.4 Å². The minimum atomic E-state index is -1.02. The molecule has 2 aromatic rings. The number of rotatable bonds is 9. The SMILES string of the molecule is C=CCCCc1ccc(C=NN=Cc2ccc(OCC)c(F)c2F)cc1. The molecule has 0 N–H and O–H groups in total. The van der Waals surface area contributed by atoms with E-state index in [4.69, 9.17) is 4.74 Å². The number of hydrogen-bond acceptors (Lipinski definition) is 3. The Morgan fingerprint density at radius 1 is 1.00 bits per heavy atom. The molecule has 0 saturated heterocycles. The Morgan fingerprint density at radius 2 is 1.73 bits per heavy atom. The molecule has 0 aromatic heterocycles. The highest BCUT2D eigenvalue weighted by atomic mass is 19.2. The van der Waals surface area contributed by atoms with Crippen LogP contribution < -0.4 is 4.74 Å². The summed E-state index contributed by atoms with van der Waals surface area (Å²) in [6.07, 6.45) is 7.73. The lowest BCUT2D eigenvalue weighted by Crippen LogP contribution is -2.00. The van der Waals surface area contributed by atoms with Gasteiger partial charge in [0.05, 0.1) is 19.0 Å². The first-order chi connectivity index (χ1) is 12.7. The van der Waals surface area contributed by atoms with Gasteiger partial charge in [-0.25, -0.2) is 4.39 Å². The van der Waals surface area contributed by atoms with Crippen LogP contribution in [-0.4, -0.2) is 19.0 Å². The highest BCUT2D eigenvalue weighted by Gasteiger charge is 2.12. The summed E-state index contributed by atoms with van der Waals surface area (Å²) in [5.74, 6) is -2.13. The average molecular weight is 356 g/mol. The molecule has 136 valence electrons. The van der Waals surface area contributed by atoms with Gasteiger partial charge in [0, 0.05) is 5.56 Å². The predicted octanol–water partition coefficient (Wildman–Crippen LogP) is 5.33. The van der Waals surface area contributed by atoms with Gasteiger partial charge in [-0.05, 0) is 49.4 Å². The molecule has 0 unspecified atom stereocenters. The first-order valence-electron chi connectivity index (χ1n) is 8.52. The van der Waals surface area contributed by atoms with Crippen LogP contribution in [0.15, 0.2) is 59.3 Å². The normalized spacial score (nSPS) is 11.3. The van der Waals surface area contributed by atoms with Crippen molar-refractivity contribution in [1.82, 2.24) is 0 Å². The van der Waals surface area contributed by atoms with E-state index in [0.717, 1.165) is 24.8 Å². The first-order valence-corrected chi connectivity index (χ1v) is 8.52. The molecule has 0 aliphatic carbocycles. The van der Waals surface area contributed by atoms with Gasteiger partial charge in [-0.15, -0.1) is 6.58 Å². The zero-order valence-electron chi connectivity index (χ0n) is 14.8. The van der Waals surface area contributed by atoms with Crippen molar-refractivity contribution in [3.8, 4) is 5.75 Å². The fourth-order valence-electron chi connectivity index (χ4n) is 2.33. The predicted molar refractivity (Wildman–Crippen MR) is 102 cm³/mol. The molecule has 0 heterocycles. The Hall–Kier alpha value is -2.82. The van der Waals surface area contributed by atoms with Crippen LogP contribution in [0.3, 0.4) is 0 Å². The van der Waals surface area contributed by atoms with E-state index in [1.54, 1.807) is 13.1 Å². The Morgan fingerprint density at radius 3 is 2.42 bits per heavy atom. The van der Waals surface area contributed by atoms with Crippen molar-refractivity contribution < 1.29 is 13.5 Å². The Labute approximate surface area is 152 Å². The third kappa shape index (κ3) is 5.62. The average Bonchev–Trinajstić information content (AvgIpc) is 2.65.